The quantitative estimate of drug-likeness (QED) is 0.665. The number of hydrogen-bond donors (Lipinski definition) is 1. The lowest BCUT2D eigenvalue weighted by Gasteiger charge is -2.12. The molecule has 5 nitrogen and oxygen atoms in total. The highest BCUT2D eigenvalue weighted by Gasteiger charge is 2.14. The minimum atomic E-state index is 0. The molecule has 0 aliphatic carbocycles. The fraction of sp³-hybridized carbons (Fsp3) is 0.176. The van der Waals surface area contributed by atoms with Crippen LogP contribution in [0, 0.1) is 0 Å². The summed E-state index contributed by atoms with van der Waals surface area (Å²) in [5, 5.41) is 4.23. The van der Waals surface area contributed by atoms with E-state index in [1.807, 2.05) is 36.4 Å². The Morgan fingerprint density at radius 1 is 1.00 bits per heavy atom. The Balaban J connectivity index is 0.00000169. The second kappa shape index (κ2) is 7.23. The van der Waals surface area contributed by atoms with Crippen LogP contribution in [0.1, 0.15) is 6.42 Å². The maximum absolute atomic E-state index is 5.77. The highest BCUT2D eigenvalue weighted by molar-refractivity contribution is 9.10. The van der Waals surface area contributed by atoms with Crippen LogP contribution in [0.2, 0.25) is 0 Å². The molecule has 0 radical (unpaired) electrons. The number of nitrogens with zero attached hydrogens (tertiary/aromatic N) is 2. The van der Waals surface area contributed by atoms with Crippen LogP contribution >= 0.6 is 28.3 Å². The molecular formula is C17H15BrClN3O2. The summed E-state index contributed by atoms with van der Waals surface area (Å²) < 4.78 is 12.5. The van der Waals surface area contributed by atoms with E-state index in [1.54, 1.807) is 6.33 Å². The van der Waals surface area contributed by atoms with Gasteiger partial charge < -0.3 is 14.8 Å². The first-order valence-electron chi connectivity index (χ1n) is 7.36. The van der Waals surface area contributed by atoms with Gasteiger partial charge in [-0.25, -0.2) is 9.97 Å². The third kappa shape index (κ3) is 3.39. The van der Waals surface area contributed by atoms with Crippen LogP contribution in [0.5, 0.6) is 11.5 Å². The van der Waals surface area contributed by atoms with Crippen molar-refractivity contribution >= 4 is 50.7 Å². The maximum Gasteiger partial charge on any atom is 0.163 e. The molecule has 7 heteroatoms. The first-order valence-corrected chi connectivity index (χ1v) is 8.16. The molecule has 3 aromatic rings. The lowest BCUT2D eigenvalue weighted by atomic mass is 10.2. The summed E-state index contributed by atoms with van der Waals surface area (Å²) >= 11 is 3.47. The Labute approximate surface area is 153 Å². The number of hydrogen-bond acceptors (Lipinski definition) is 5. The first kappa shape index (κ1) is 16.8. The molecule has 0 fully saturated rings. The summed E-state index contributed by atoms with van der Waals surface area (Å²) in [5.41, 5.74) is 1.77. The summed E-state index contributed by atoms with van der Waals surface area (Å²) in [6.07, 6.45) is 2.42. The Bertz CT molecular complexity index is 876. The van der Waals surface area contributed by atoms with Crippen molar-refractivity contribution in [1.29, 1.82) is 0 Å². The van der Waals surface area contributed by atoms with Gasteiger partial charge in [-0.15, -0.1) is 12.4 Å². The fourth-order valence-electron chi connectivity index (χ4n) is 2.52. The molecule has 1 aliphatic rings. The van der Waals surface area contributed by atoms with Gasteiger partial charge in [-0.1, -0.05) is 22.0 Å². The van der Waals surface area contributed by atoms with Gasteiger partial charge in [-0.3, -0.25) is 0 Å². The lowest BCUT2D eigenvalue weighted by molar-refractivity contribution is 0.297. The highest BCUT2D eigenvalue weighted by atomic mass is 79.9. The van der Waals surface area contributed by atoms with Crippen molar-refractivity contribution in [2.75, 3.05) is 18.5 Å². The maximum atomic E-state index is 5.77. The molecule has 0 atom stereocenters. The molecule has 0 saturated heterocycles. The monoisotopic (exact) mass is 407 g/mol. The number of fused-ring (bicyclic) bond motifs is 2. The number of benzene rings is 2. The number of halogens is 2. The van der Waals surface area contributed by atoms with E-state index >= 15 is 0 Å². The molecule has 24 heavy (non-hydrogen) atoms. The van der Waals surface area contributed by atoms with Gasteiger partial charge in [-0.05, 0) is 24.3 Å². The summed E-state index contributed by atoms with van der Waals surface area (Å²) in [6, 6.07) is 11.8. The summed E-state index contributed by atoms with van der Waals surface area (Å²) in [7, 11) is 0. The first-order chi connectivity index (χ1) is 11.3. The second-order valence-corrected chi connectivity index (χ2v) is 6.14. The van der Waals surface area contributed by atoms with Gasteiger partial charge >= 0.3 is 0 Å². The summed E-state index contributed by atoms with van der Waals surface area (Å²) in [4.78, 5) is 8.71. The van der Waals surface area contributed by atoms with Crippen LogP contribution in [-0.4, -0.2) is 23.2 Å². The predicted octanol–water partition coefficient (Wildman–Crippen LogP) is 4.72. The van der Waals surface area contributed by atoms with Crippen molar-refractivity contribution in [3.05, 3.63) is 47.2 Å². The zero-order valence-corrected chi connectivity index (χ0v) is 15.1. The van der Waals surface area contributed by atoms with E-state index in [0.717, 1.165) is 44.8 Å². The van der Waals surface area contributed by atoms with Crippen LogP contribution in [0.15, 0.2) is 47.2 Å². The minimum Gasteiger partial charge on any atom is -0.490 e. The molecule has 0 spiro atoms. The topological polar surface area (TPSA) is 56.3 Å². The van der Waals surface area contributed by atoms with Crippen molar-refractivity contribution in [2.24, 2.45) is 0 Å². The van der Waals surface area contributed by atoms with Gasteiger partial charge in [0.25, 0.3) is 0 Å². The summed E-state index contributed by atoms with van der Waals surface area (Å²) in [5.74, 6) is 2.22. The van der Waals surface area contributed by atoms with Crippen LogP contribution < -0.4 is 14.8 Å². The molecule has 0 saturated carbocycles. The van der Waals surface area contributed by atoms with Gasteiger partial charge in [0, 0.05) is 28.0 Å². The molecule has 0 bridgehead atoms. The zero-order chi connectivity index (χ0) is 15.6. The molecular weight excluding hydrogens is 394 g/mol. The number of rotatable bonds is 2. The Kier molecular flexibility index (Phi) is 5.06. The largest absolute Gasteiger partial charge is 0.490 e. The van der Waals surface area contributed by atoms with Crippen molar-refractivity contribution in [2.45, 2.75) is 6.42 Å². The number of ether oxygens (including phenoxy) is 2. The molecule has 2 heterocycles. The lowest BCUT2D eigenvalue weighted by Crippen LogP contribution is -1.98. The standard InChI is InChI=1S/C17H14BrN3O2.ClH/c18-11-3-1-4-12(7-11)21-17-13-8-15-16(23-6-2-5-22-15)9-14(13)19-10-20-17;/h1,3-4,7-10H,2,5-6H2,(H,19,20,21);1H. The van der Waals surface area contributed by atoms with E-state index in [2.05, 4.69) is 31.2 Å². The highest BCUT2D eigenvalue weighted by Crippen LogP contribution is 2.36. The Morgan fingerprint density at radius 3 is 2.58 bits per heavy atom. The van der Waals surface area contributed by atoms with E-state index in [-0.39, 0.29) is 12.4 Å². The van der Waals surface area contributed by atoms with Gasteiger partial charge in [0.05, 0.1) is 18.7 Å². The third-order valence-corrected chi connectivity index (χ3v) is 4.09. The smallest absolute Gasteiger partial charge is 0.163 e. The van der Waals surface area contributed by atoms with E-state index in [0.29, 0.717) is 13.2 Å². The van der Waals surface area contributed by atoms with Gasteiger partial charge in [0.15, 0.2) is 11.5 Å². The number of nitrogens with one attached hydrogen (secondary N) is 1. The SMILES string of the molecule is Brc1cccc(Nc2ncnc3cc4c(cc23)OCCCO4)c1.Cl. The van der Waals surface area contributed by atoms with E-state index < -0.39 is 0 Å². The average Bonchev–Trinajstić information content (AvgIpc) is 2.78. The normalized spacial score (nSPS) is 13.0. The van der Waals surface area contributed by atoms with Crippen LogP contribution in [0.25, 0.3) is 10.9 Å². The molecule has 1 aromatic heterocycles. The van der Waals surface area contributed by atoms with Crippen molar-refractivity contribution < 1.29 is 9.47 Å². The molecule has 124 valence electrons. The number of anilines is 2. The van der Waals surface area contributed by atoms with E-state index in [1.165, 1.54) is 0 Å². The molecule has 1 aliphatic heterocycles. The number of aromatic nitrogens is 2. The molecule has 0 amide bonds. The molecule has 2 aromatic carbocycles. The minimum absolute atomic E-state index is 0. The summed E-state index contributed by atoms with van der Waals surface area (Å²) in [6.45, 7) is 1.31. The van der Waals surface area contributed by atoms with Gasteiger partial charge in [-0.2, -0.15) is 0 Å². The average molecular weight is 409 g/mol. The van der Waals surface area contributed by atoms with E-state index in [4.69, 9.17) is 9.47 Å². The molecule has 1 N–H and O–H groups in total. The third-order valence-electron chi connectivity index (χ3n) is 3.59. The fourth-order valence-corrected chi connectivity index (χ4v) is 2.91. The Morgan fingerprint density at radius 2 is 1.79 bits per heavy atom. The zero-order valence-electron chi connectivity index (χ0n) is 12.7. The van der Waals surface area contributed by atoms with Crippen molar-refractivity contribution in [1.82, 2.24) is 9.97 Å². The second-order valence-electron chi connectivity index (χ2n) is 5.22. The van der Waals surface area contributed by atoms with Crippen molar-refractivity contribution in [3.8, 4) is 11.5 Å². The molecule has 0 unspecified atom stereocenters. The predicted molar refractivity (Wildman–Crippen MR) is 99.8 cm³/mol. The van der Waals surface area contributed by atoms with Crippen LogP contribution in [0.3, 0.4) is 0 Å². The van der Waals surface area contributed by atoms with E-state index in [9.17, 15) is 0 Å². The van der Waals surface area contributed by atoms with Crippen LogP contribution in [-0.2, 0) is 0 Å². The van der Waals surface area contributed by atoms with Gasteiger partial charge in [0.2, 0.25) is 0 Å². The van der Waals surface area contributed by atoms with Gasteiger partial charge in [0.1, 0.15) is 12.1 Å². The van der Waals surface area contributed by atoms with Crippen molar-refractivity contribution in [3.63, 3.8) is 0 Å². The molecule has 4 rings (SSSR count). The van der Waals surface area contributed by atoms with Crippen LogP contribution in [0.4, 0.5) is 11.5 Å². The Hall–Kier alpha value is -2.05.